The van der Waals surface area contributed by atoms with E-state index in [1.54, 1.807) is 0 Å². The summed E-state index contributed by atoms with van der Waals surface area (Å²) in [5.74, 6) is -0.442. The summed E-state index contributed by atoms with van der Waals surface area (Å²) in [7, 11) is 0. The van der Waals surface area contributed by atoms with Gasteiger partial charge in [0.05, 0.1) is 0 Å². The summed E-state index contributed by atoms with van der Waals surface area (Å²) in [4.78, 5) is 11.0. The molecule has 0 heterocycles. The first-order chi connectivity index (χ1) is 6.70. The van der Waals surface area contributed by atoms with Crippen molar-refractivity contribution in [2.45, 2.75) is 51.7 Å². The van der Waals surface area contributed by atoms with E-state index in [2.05, 4.69) is 11.7 Å². The van der Waals surface area contributed by atoms with Crippen molar-refractivity contribution in [3.8, 4) is 0 Å². The summed E-state index contributed by atoms with van der Waals surface area (Å²) in [6.07, 6.45) is 4.25. The number of esters is 1. The predicted octanol–water partition coefficient (Wildman–Crippen LogP) is 0.552. The van der Waals surface area contributed by atoms with Crippen LogP contribution in [0.4, 0.5) is 0 Å². The Balaban J connectivity index is 0. The molecule has 0 aromatic heterocycles. The van der Waals surface area contributed by atoms with Crippen molar-refractivity contribution >= 4 is 57.4 Å². The fraction of sp³-hybridized carbons (Fsp3) is 0.900. The van der Waals surface area contributed by atoms with Gasteiger partial charge in [-0.15, -0.1) is 0 Å². The van der Waals surface area contributed by atoms with Crippen molar-refractivity contribution in [2.24, 2.45) is 0 Å². The molecule has 0 saturated carbocycles. The number of aliphatic hydroxyl groups is 2. The van der Waals surface area contributed by atoms with Crippen LogP contribution in [-0.4, -0.2) is 80.5 Å². The molecule has 0 aliphatic rings. The van der Waals surface area contributed by atoms with Gasteiger partial charge in [-0.2, -0.15) is 0 Å². The Labute approximate surface area is 134 Å². The Bertz CT molecular complexity index is 152. The van der Waals surface area contributed by atoms with Gasteiger partial charge in [-0.05, 0) is 6.42 Å². The fourth-order valence-corrected chi connectivity index (χ4v) is 1.12. The number of hydrogen-bond donors (Lipinski definition) is 2. The van der Waals surface area contributed by atoms with Gasteiger partial charge in [0, 0.05) is 6.42 Å². The van der Waals surface area contributed by atoms with Crippen molar-refractivity contribution < 1.29 is 19.7 Å². The molecule has 4 nitrogen and oxygen atoms in total. The number of unbranched alkanes of at least 4 members (excludes halogenated alkanes) is 4. The second kappa shape index (κ2) is 13.1. The molecule has 1 unspecified atom stereocenters. The van der Waals surface area contributed by atoms with Crippen molar-refractivity contribution in [1.29, 1.82) is 0 Å². The van der Waals surface area contributed by atoms with Gasteiger partial charge in [0.15, 0.2) is 0 Å². The van der Waals surface area contributed by atoms with E-state index in [4.69, 9.17) is 10.2 Å². The van der Waals surface area contributed by atoms with Crippen LogP contribution in [0, 0.1) is 0 Å². The summed E-state index contributed by atoms with van der Waals surface area (Å²) in [5, 5.41) is 17.2. The Morgan fingerprint density at radius 1 is 1.27 bits per heavy atom. The molecule has 0 aliphatic carbocycles. The number of aliphatic hydroxyl groups excluding tert-OH is 2. The standard InChI is InChI=1S/C10H20O4.K.H/c1-2-3-4-5-6-7-9(12)14-10(13)8-11;;/h10-11,13H,2-8H2,1H3;;. The third-order valence-corrected chi connectivity index (χ3v) is 1.91. The Kier molecular flexibility index (Phi) is 16.1. The third kappa shape index (κ3) is 13.0. The van der Waals surface area contributed by atoms with Crippen LogP contribution < -0.4 is 0 Å². The van der Waals surface area contributed by atoms with Crippen molar-refractivity contribution in [1.82, 2.24) is 0 Å². The van der Waals surface area contributed by atoms with E-state index in [9.17, 15) is 4.79 Å². The SMILES string of the molecule is CCCCCCCC(=O)OC(O)CO.[KH]. The molecule has 0 saturated heterocycles. The first-order valence-corrected chi connectivity index (χ1v) is 5.19. The van der Waals surface area contributed by atoms with E-state index < -0.39 is 18.9 Å². The average Bonchev–Trinajstić information content (AvgIpc) is 2.17. The zero-order valence-electron chi connectivity index (χ0n) is 8.74. The molecule has 15 heavy (non-hydrogen) atoms. The second-order valence-corrected chi connectivity index (χ2v) is 3.29. The number of rotatable bonds is 8. The number of hydrogen-bond acceptors (Lipinski definition) is 4. The summed E-state index contributed by atoms with van der Waals surface area (Å²) in [6, 6.07) is 0. The van der Waals surface area contributed by atoms with E-state index in [0.29, 0.717) is 6.42 Å². The Morgan fingerprint density at radius 2 is 1.87 bits per heavy atom. The Hall–Kier alpha value is 1.03. The van der Waals surface area contributed by atoms with Crippen LogP contribution in [0.3, 0.4) is 0 Å². The first-order valence-electron chi connectivity index (χ1n) is 5.19. The molecule has 5 heteroatoms. The minimum atomic E-state index is -1.36. The summed E-state index contributed by atoms with van der Waals surface area (Å²) >= 11 is 0. The third-order valence-electron chi connectivity index (χ3n) is 1.91. The molecule has 0 aliphatic heterocycles. The van der Waals surface area contributed by atoms with Crippen LogP contribution in [0.2, 0.25) is 0 Å². The van der Waals surface area contributed by atoms with Gasteiger partial charge in [-0.1, -0.05) is 32.6 Å². The molecule has 0 spiro atoms. The van der Waals surface area contributed by atoms with Gasteiger partial charge in [-0.3, -0.25) is 4.79 Å². The number of carbonyl (C=O) groups is 1. The first kappa shape index (κ1) is 18.4. The average molecular weight is 244 g/mol. The van der Waals surface area contributed by atoms with Gasteiger partial charge in [0.2, 0.25) is 6.29 Å². The van der Waals surface area contributed by atoms with Crippen LogP contribution in [0.15, 0.2) is 0 Å². The predicted molar refractivity (Wildman–Crippen MR) is 59.7 cm³/mol. The normalized spacial score (nSPS) is 11.7. The van der Waals surface area contributed by atoms with Gasteiger partial charge in [0.25, 0.3) is 0 Å². The van der Waals surface area contributed by atoms with Crippen molar-refractivity contribution in [2.75, 3.05) is 6.61 Å². The minimum absolute atomic E-state index is 0. The van der Waals surface area contributed by atoms with E-state index in [0.717, 1.165) is 19.3 Å². The second-order valence-electron chi connectivity index (χ2n) is 3.29. The van der Waals surface area contributed by atoms with E-state index in [1.165, 1.54) is 12.8 Å². The van der Waals surface area contributed by atoms with Crippen LogP contribution in [-0.2, 0) is 9.53 Å². The van der Waals surface area contributed by atoms with Gasteiger partial charge in [-0.25, -0.2) is 0 Å². The molecule has 0 bridgehead atoms. The molecule has 0 radical (unpaired) electrons. The van der Waals surface area contributed by atoms with Crippen LogP contribution >= 0.6 is 0 Å². The molecule has 2 N–H and O–H groups in total. The molecule has 86 valence electrons. The van der Waals surface area contributed by atoms with Gasteiger partial charge in [0.1, 0.15) is 6.61 Å². The number of carbonyl (C=O) groups excluding carboxylic acids is 1. The van der Waals surface area contributed by atoms with Crippen LogP contribution in [0.25, 0.3) is 0 Å². The molecule has 0 aromatic rings. The zero-order chi connectivity index (χ0) is 10.8. The molecule has 0 fully saturated rings. The molecular weight excluding hydrogens is 223 g/mol. The van der Waals surface area contributed by atoms with E-state index in [-0.39, 0.29) is 51.4 Å². The molecule has 0 amide bonds. The summed E-state index contributed by atoms with van der Waals surface area (Å²) in [5.41, 5.74) is 0. The van der Waals surface area contributed by atoms with Crippen LogP contribution in [0.1, 0.15) is 45.4 Å². The van der Waals surface area contributed by atoms with Crippen molar-refractivity contribution in [3.63, 3.8) is 0 Å². The summed E-state index contributed by atoms with van der Waals surface area (Å²) in [6.45, 7) is 1.59. The van der Waals surface area contributed by atoms with E-state index in [1.807, 2.05) is 0 Å². The molecule has 0 rings (SSSR count). The molecule has 1 atom stereocenters. The topological polar surface area (TPSA) is 66.8 Å². The van der Waals surface area contributed by atoms with Gasteiger partial charge >= 0.3 is 57.4 Å². The fourth-order valence-electron chi connectivity index (χ4n) is 1.12. The maximum atomic E-state index is 11.0. The maximum absolute atomic E-state index is 11.0. The zero-order valence-corrected chi connectivity index (χ0v) is 8.74. The summed E-state index contributed by atoms with van der Waals surface area (Å²) < 4.78 is 4.47. The molecular formula is C10H21KO4. The van der Waals surface area contributed by atoms with Gasteiger partial charge < -0.3 is 14.9 Å². The quantitative estimate of drug-likeness (QED) is 0.283. The number of ether oxygens (including phenoxy) is 1. The van der Waals surface area contributed by atoms with E-state index >= 15 is 0 Å². The molecule has 0 aromatic carbocycles. The monoisotopic (exact) mass is 244 g/mol. The van der Waals surface area contributed by atoms with Crippen LogP contribution in [0.5, 0.6) is 0 Å². The Morgan fingerprint density at radius 3 is 2.40 bits per heavy atom. The van der Waals surface area contributed by atoms with Crippen molar-refractivity contribution in [3.05, 3.63) is 0 Å².